The number of aromatic nitrogens is 1. The molecule has 1 aromatic heterocycles. The van der Waals surface area contributed by atoms with Gasteiger partial charge in [-0.1, -0.05) is 41.0 Å². The average molecular weight is 469 g/mol. The van der Waals surface area contributed by atoms with Crippen molar-refractivity contribution in [2.75, 3.05) is 12.4 Å². The fourth-order valence-electron chi connectivity index (χ4n) is 3.41. The Morgan fingerprint density at radius 2 is 1.97 bits per heavy atom. The molecule has 0 saturated heterocycles. The predicted molar refractivity (Wildman–Crippen MR) is 122 cm³/mol. The number of fused-ring (bicyclic) bond motifs is 1. The third-order valence-electron chi connectivity index (χ3n) is 4.96. The van der Waals surface area contributed by atoms with Crippen LogP contribution in [-0.4, -0.2) is 24.2 Å². The number of amides is 3. The Balaban J connectivity index is 1.64. The largest absolute Gasteiger partial charge is 0.493 e. The van der Waals surface area contributed by atoms with Crippen LogP contribution >= 0.6 is 11.6 Å². The van der Waals surface area contributed by atoms with Crippen molar-refractivity contribution in [3.8, 4) is 17.0 Å². The summed E-state index contributed by atoms with van der Waals surface area (Å²) in [4.78, 5) is 24.4. The highest BCUT2D eigenvalue weighted by atomic mass is 35.5. The summed E-state index contributed by atoms with van der Waals surface area (Å²) >= 11 is 5.73. The second kappa shape index (κ2) is 9.17. The first-order valence-electron chi connectivity index (χ1n) is 9.73. The molecule has 168 valence electrons. The molecule has 0 spiro atoms. The Morgan fingerprint density at radius 1 is 1.18 bits per heavy atom. The number of ether oxygens (including phenoxy) is 1. The molecule has 0 aliphatic carbocycles. The predicted octanol–water partition coefficient (Wildman–Crippen LogP) is 4.72. The van der Waals surface area contributed by atoms with Crippen LogP contribution in [0.25, 0.3) is 22.2 Å². The Morgan fingerprint density at radius 3 is 2.70 bits per heavy atom. The number of carbonyl (C=O) groups excluding carboxylic acids is 2. The molecule has 0 bridgehead atoms. The van der Waals surface area contributed by atoms with Gasteiger partial charge in [-0.15, -0.1) is 0 Å². The fourth-order valence-corrected chi connectivity index (χ4v) is 3.57. The van der Waals surface area contributed by atoms with E-state index in [0.717, 1.165) is 6.07 Å². The monoisotopic (exact) mass is 468 g/mol. The minimum absolute atomic E-state index is 0.00845. The first-order valence-corrected chi connectivity index (χ1v) is 10.1. The van der Waals surface area contributed by atoms with Crippen LogP contribution in [0.3, 0.4) is 0 Å². The van der Waals surface area contributed by atoms with Crippen molar-refractivity contribution >= 4 is 40.2 Å². The number of primary amides is 1. The molecule has 0 saturated carbocycles. The van der Waals surface area contributed by atoms with Crippen LogP contribution in [0.5, 0.6) is 5.75 Å². The standard InChI is InChI=1S/C23H18ClFN4O4/c1-32-18-9-7-15(22(26)30)19-20(29-33-21(18)19)14-5-3-2-4-12(14)11-27-23(31)28-17-8-6-13(24)10-16(17)25/h2-10H,11H2,1H3,(H2,26,30)(H2,27,28,31). The SMILES string of the molecule is COc1ccc(C(N)=O)c2c(-c3ccccc3CNC(=O)Nc3ccc(Cl)cc3F)noc12. The summed E-state index contributed by atoms with van der Waals surface area (Å²) in [5.41, 5.74) is 7.72. The molecule has 0 aliphatic rings. The maximum absolute atomic E-state index is 13.9. The van der Waals surface area contributed by atoms with E-state index in [1.165, 1.54) is 19.2 Å². The zero-order chi connectivity index (χ0) is 23.5. The van der Waals surface area contributed by atoms with Crippen molar-refractivity contribution in [1.29, 1.82) is 0 Å². The van der Waals surface area contributed by atoms with Crippen molar-refractivity contribution in [2.45, 2.75) is 6.54 Å². The summed E-state index contributed by atoms with van der Waals surface area (Å²) in [5.74, 6) is -0.902. The van der Waals surface area contributed by atoms with Crippen LogP contribution in [0.1, 0.15) is 15.9 Å². The molecule has 0 unspecified atom stereocenters. The molecular weight excluding hydrogens is 451 g/mol. The lowest BCUT2D eigenvalue weighted by molar-refractivity contribution is 0.100. The van der Waals surface area contributed by atoms with E-state index < -0.39 is 17.8 Å². The molecule has 4 N–H and O–H groups in total. The van der Waals surface area contributed by atoms with Gasteiger partial charge < -0.3 is 25.6 Å². The summed E-state index contributed by atoms with van der Waals surface area (Å²) in [5, 5.41) is 9.88. The lowest BCUT2D eigenvalue weighted by atomic mass is 9.98. The second-order valence-corrected chi connectivity index (χ2v) is 7.44. The average Bonchev–Trinajstić information content (AvgIpc) is 3.24. The van der Waals surface area contributed by atoms with Gasteiger partial charge in [-0.25, -0.2) is 9.18 Å². The van der Waals surface area contributed by atoms with Crippen molar-refractivity contribution < 1.29 is 23.2 Å². The van der Waals surface area contributed by atoms with Crippen LogP contribution in [-0.2, 0) is 6.54 Å². The molecule has 3 amide bonds. The normalized spacial score (nSPS) is 10.8. The van der Waals surface area contributed by atoms with E-state index in [2.05, 4.69) is 15.8 Å². The van der Waals surface area contributed by atoms with Gasteiger partial charge >= 0.3 is 6.03 Å². The molecule has 1 heterocycles. The van der Waals surface area contributed by atoms with Crippen LogP contribution in [0.4, 0.5) is 14.9 Å². The number of rotatable bonds is 6. The highest BCUT2D eigenvalue weighted by molar-refractivity contribution is 6.30. The first-order chi connectivity index (χ1) is 15.9. The molecule has 3 aromatic carbocycles. The number of carbonyl (C=O) groups is 2. The van der Waals surface area contributed by atoms with E-state index in [1.807, 2.05) is 0 Å². The Bertz CT molecular complexity index is 1370. The van der Waals surface area contributed by atoms with Crippen molar-refractivity contribution in [2.24, 2.45) is 5.73 Å². The fraction of sp³-hybridized carbons (Fsp3) is 0.0870. The van der Waals surface area contributed by atoms with Crippen molar-refractivity contribution in [3.63, 3.8) is 0 Å². The number of urea groups is 1. The van der Waals surface area contributed by atoms with Gasteiger partial charge in [-0.2, -0.15) is 0 Å². The summed E-state index contributed by atoms with van der Waals surface area (Å²) in [6.45, 7) is 0.0848. The molecule has 0 radical (unpaired) electrons. The number of hydrogen-bond acceptors (Lipinski definition) is 5. The lowest BCUT2D eigenvalue weighted by Gasteiger charge is -2.11. The second-order valence-electron chi connectivity index (χ2n) is 7.00. The highest BCUT2D eigenvalue weighted by Crippen LogP contribution is 2.37. The van der Waals surface area contributed by atoms with Gasteiger partial charge in [0.25, 0.3) is 0 Å². The van der Waals surface area contributed by atoms with Crippen molar-refractivity contribution in [1.82, 2.24) is 10.5 Å². The van der Waals surface area contributed by atoms with Crippen LogP contribution in [0, 0.1) is 5.82 Å². The van der Waals surface area contributed by atoms with E-state index in [0.29, 0.717) is 28.0 Å². The molecule has 10 heteroatoms. The molecule has 33 heavy (non-hydrogen) atoms. The maximum Gasteiger partial charge on any atom is 0.319 e. The van der Waals surface area contributed by atoms with Gasteiger partial charge in [-0.3, -0.25) is 4.79 Å². The number of anilines is 1. The Kier molecular flexibility index (Phi) is 6.14. The third kappa shape index (κ3) is 4.44. The minimum Gasteiger partial charge on any atom is -0.493 e. The van der Waals surface area contributed by atoms with Gasteiger partial charge in [0.15, 0.2) is 5.75 Å². The van der Waals surface area contributed by atoms with Gasteiger partial charge in [0.05, 0.1) is 23.7 Å². The minimum atomic E-state index is -0.653. The number of nitrogens with two attached hydrogens (primary N) is 1. The smallest absolute Gasteiger partial charge is 0.319 e. The number of benzene rings is 3. The van der Waals surface area contributed by atoms with Crippen LogP contribution < -0.4 is 21.1 Å². The van der Waals surface area contributed by atoms with Gasteiger partial charge in [0.1, 0.15) is 11.5 Å². The van der Waals surface area contributed by atoms with Gasteiger partial charge in [0, 0.05) is 17.1 Å². The topological polar surface area (TPSA) is 119 Å². The molecule has 4 rings (SSSR count). The number of nitrogens with zero attached hydrogens (tertiary/aromatic N) is 1. The third-order valence-corrected chi connectivity index (χ3v) is 5.20. The zero-order valence-electron chi connectivity index (χ0n) is 17.3. The van der Waals surface area contributed by atoms with Crippen LogP contribution in [0.2, 0.25) is 5.02 Å². The molecule has 0 atom stereocenters. The van der Waals surface area contributed by atoms with Crippen molar-refractivity contribution in [3.05, 3.63) is 76.6 Å². The van der Waals surface area contributed by atoms with E-state index in [9.17, 15) is 14.0 Å². The maximum atomic E-state index is 13.9. The zero-order valence-corrected chi connectivity index (χ0v) is 18.1. The Labute approximate surface area is 192 Å². The van der Waals surface area contributed by atoms with E-state index in [4.69, 9.17) is 26.6 Å². The summed E-state index contributed by atoms with van der Waals surface area (Å²) < 4.78 is 24.7. The number of methoxy groups -OCH3 is 1. The number of halogens is 2. The first kappa shape index (κ1) is 22.1. The molecule has 0 aliphatic heterocycles. The van der Waals surface area contributed by atoms with E-state index in [-0.39, 0.29) is 28.4 Å². The van der Waals surface area contributed by atoms with Gasteiger partial charge in [0.2, 0.25) is 11.5 Å². The van der Waals surface area contributed by atoms with E-state index >= 15 is 0 Å². The molecule has 8 nitrogen and oxygen atoms in total. The summed E-state index contributed by atoms with van der Waals surface area (Å²) in [7, 11) is 1.47. The number of nitrogens with one attached hydrogen (secondary N) is 2. The molecule has 4 aromatic rings. The Hall–Kier alpha value is -4.11. The lowest BCUT2D eigenvalue weighted by Crippen LogP contribution is -2.28. The van der Waals surface area contributed by atoms with Crippen LogP contribution in [0.15, 0.2) is 59.1 Å². The number of hydrogen-bond donors (Lipinski definition) is 3. The van der Waals surface area contributed by atoms with Gasteiger partial charge in [-0.05, 0) is 35.9 Å². The van der Waals surface area contributed by atoms with E-state index in [1.54, 1.807) is 36.4 Å². The summed E-state index contributed by atoms with van der Waals surface area (Å²) in [6, 6.07) is 13.6. The quantitative estimate of drug-likeness (QED) is 0.378. The molecular formula is C23H18ClFN4O4. The molecule has 0 fully saturated rings. The highest BCUT2D eigenvalue weighted by Gasteiger charge is 2.22. The summed E-state index contributed by atoms with van der Waals surface area (Å²) in [6.07, 6.45) is 0.